The average Bonchev–Trinajstić information content (AvgIpc) is 2.97. The molecule has 1 heterocycles. The van der Waals surface area contributed by atoms with E-state index < -0.39 is 5.91 Å². The summed E-state index contributed by atoms with van der Waals surface area (Å²) >= 11 is 1.30. The SMILES string of the molecule is NC(=O)CSc1ncc(-c2ccc(F)cc2)n1Cc1ccccc1. The Morgan fingerprint density at radius 2 is 1.83 bits per heavy atom. The Balaban J connectivity index is 1.98. The molecule has 0 aliphatic rings. The number of hydrogen-bond acceptors (Lipinski definition) is 3. The van der Waals surface area contributed by atoms with Gasteiger partial charge in [0, 0.05) is 0 Å². The lowest BCUT2D eigenvalue weighted by molar-refractivity contribution is -0.115. The summed E-state index contributed by atoms with van der Waals surface area (Å²) in [5, 5.41) is 0.706. The number of aromatic nitrogens is 2. The average molecular weight is 341 g/mol. The maximum atomic E-state index is 13.2. The van der Waals surface area contributed by atoms with Gasteiger partial charge in [-0.1, -0.05) is 42.1 Å². The van der Waals surface area contributed by atoms with Crippen molar-refractivity contribution in [2.45, 2.75) is 11.7 Å². The highest BCUT2D eigenvalue weighted by molar-refractivity contribution is 7.99. The van der Waals surface area contributed by atoms with Gasteiger partial charge >= 0.3 is 0 Å². The molecule has 0 saturated carbocycles. The van der Waals surface area contributed by atoms with Crippen molar-refractivity contribution in [2.75, 3.05) is 5.75 Å². The first-order valence-electron chi connectivity index (χ1n) is 7.40. The first kappa shape index (κ1) is 16.3. The van der Waals surface area contributed by atoms with E-state index in [0.717, 1.165) is 16.8 Å². The highest BCUT2D eigenvalue weighted by atomic mass is 32.2. The zero-order valence-electron chi connectivity index (χ0n) is 12.9. The fourth-order valence-corrected chi connectivity index (χ4v) is 3.10. The fourth-order valence-electron chi connectivity index (χ4n) is 2.38. The number of primary amides is 1. The number of benzene rings is 2. The summed E-state index contributed by atoms with van der Waals surface area (Å²) in [7, 11) is 0. The summed E-state index contributed by atoms with van der Waals surface area (Å²) in [6, 6.07) is 16.2. The smallest absolute Gasteiger partial charge is 0.227 e. The molecule has 24 heavy (non-hydrogen) atoms. The molecule has 0 spiro atoms. The molecule has 6 heteroatoms. The molecule has 0 unspecified atom stereocenters. The number of thioether (sulfide) groups is 1. The van der Waals surface area contributed by atoms with Crippen molar-refractivity contribution in [2.24, 2.45) is 5.73 Å². The Morgan fingerprint density at radius 3 is 2.50 bits per heavy atom. The minimum absolute atomic E-state index is 0.161. The quantitative estimate of drug-likeness (QED) is 0.700. The van der Waals surface area contributed by atoms with Crippen LogP contribution in [-0.2, 0) is 11.3 Å². The number of imidazole rings is 1. The van der Waals surface area contributed by atoms with Crippen LogP contribution < -0.4 is 5.73 Å². The van der Waals surface area contributed by atoms with Crippen LogP contribution in [0.5, 0.6) is 0 Å². The Hall–Kier alpha value is -2.60. The largest absolute Gasteiger partial charge is 0.369 e. The number of halogens is 1. The van der Waals surface area contributed by atoms with Crippen LogP contribution in [0, 0.1) is 5.82 Å². The van der Waals surface area contributed by atoms with Crippen molar-refractivity contribution in [1.29, 1.82) is 0 Å². The van der Waals surface area contributed by atoms with E-state index in [4.69, 9.17) is 5.73 Å². The molecular weight excluding hydrogens is 325 g/mol. The summed E-state index contributed by atoms with van der Waals surface area (Å²) in [5.74, 6) is -0.511. The van der Waals surface area contributed by atoms with Gasteiger partial charge in [-0.2, -0.15) is 0 Å². The summed E-state index contributed by atoms with van der Waals surface area (Å²) < 4.78 is 15.2. The molecule has 0 aliphatic carbocycles. The van der Waals surface area contributed by atoms with Gasteiger partial charge in [0.2, 0.25) is 5.91 Å². The maximum Gasteiger partial charge on any atom is 0.227 e. The Kier molecular flexibility index (Phi) is 4.96. The molecule has 0 bridgehead atoms. The predicted octanol–water partition coefficient (Wildman–Crippen LogP) is 3.31. The third-order valence-corrected chi connectivity index (χ3v) is 4.50. The van der Waals surface area contributed by atoms with Gasteiger partial charge in [-0.3, -0.25) is 4.79 Å². The van der Waals surface area contributed by atoms with Crippen molar-refractivity contribution in [3.05, 3.63) is 72.2 Å². The van der Waals surface area contributed by atoms with Crippen molar-refractivity contribution in [3.8, 4) is 11.3 Å². The van der Waals surface area contributed by atoms with Crippen molar-refractivity contribution in [1.82, 2.24) is 9.55 Å². The lowest BCUT2D eigenvalue weighted by Gasteiger charge is -2.12. The number of carbonyl (C=O) groups excluding carboxylic acids is 1. The van der Waals surface area contributed by atoms with E-state index in [2.05, 4.69) is 4.98 Å². The summed E-state index contributed by atoms with van der Waals surface area (Å²) in [4.78, 5) is 15.5. The molecule has 1 aromatic heterocycles. The number of nitrogens with two attached hydrogens (primary N) is 1. The molecule has 0 atom stereocenters. The number of nitrogens with zero attached hydrogens (tertiary/aromatic N) is 2. The van der Waals surface area contributed by atoms with Gasteiger partial charge in [-0.15, -0.1) is 0 Å². The first-order chi connectivity index (χ1) is 11.6. The van der Waals surface area contributed by atoms with Crippen LogP contribution in [0.1, 0.15) is 5.56 Å². The number of rotatable bonds is 6. The van der Waals surface area contributed by atoms with Gasteiger partial charge in [0.25, 0.3) is 0 Å². The zero-order valence-corrected chi connectivity index (χ0v) is 13.7. The molecule has 122 valence electrons. The van der Waals surface area contributed by atoms with E-state index in [9.17, 15) is 9.18 Å². The second-order valence-electron chi connectivity index (χ2n) is 5.26. The molecule has 4 nitrogen and oxygen atoms in total. The molecule has 0 radical (unpaired) electrons. The number of hydrogen-bond donors (Lipinski definition) is 1. The minimum atomic E-state index is -0.391. The van der Waals surface area contributed by atoms with E-state index >= 15 is 0 Å². The van der Waals surface area contributed by atoms with Crippen molar-refractivity contribution >= 4 is 17.7 Å². The maximum absolute atomic E-state index is 13.2. The predicted molar refractivity (Wildman–Crippen MR) is 93.1 cm³/mol. The second-order valence-corrected chi connectivity index (χ2v) is 6.20. The van der Waals surface area contributed by atoms with Crippen LogP contribution in [0.3, 0.4) is 0 Å². The molecule has 3 rings (SSSR count). The van der Waals surface area contributed by atoms with Crippen LogP contribution in [0.15, 0.2) is 66.0 Å². The normalized spacial score (nSPS) is 10.7. The van der Waals surface area contributed by atoms with E-state index in [1.165, 1.54) is 23.9 Å². The van der Waals surface area contributed by atoms with Gasteiger partial charge in [0.15, 0.2) is 5.16 Å². The van der Waals surface area contributed by atoms with Crippen LogP contribution in [0.4, 0.5) is 4.39 Å². The standard InChI is InChI=1S/C18H16FN3OS/c19-15-8-6-14(7-9-15)16-10-21-18(24-12-17(20)23)22(16)11-13-4-2-1-3-5-13/h1-10H,11-12H2,(H2,20,23). The number of carbonyl (C=O) groups is 1. The summed E-state index contributed by atoms with van der Waals surface area (Å²) in [6.07, 6.45) is 1.74. The minimum Gasteiger partial charge on any atom is -0.369 e. The fraction of sp³-hybridized carbons (Fsp3) is 0.111. The van der Waals surface area contributed by atoms with Gasteiger partial charge in [0.1, 0.15) is 5.82 Å². The van der Waals surface area contributed by atoms with E-state index in [1.807, 2.05) is 34.9 Å². The molecular formula is C18H16FN3OS. The monoisotopic (exact) mass is 341 g/mol. The Bertz CT molecular complexity index is 831. The Morgan fingerprint density at radius 1 is 1.12 bits per heavy atom. The number of amides is 1. The van der Waals surface area contributed by atoms with Crippen LogP contribution in [0.2, 0.25) is 0 Å². The van der Waals surface area contributed by atoms with Crippen LogP contribution in [-0.4, -0.2) is 21.2 Å². The Labute approximate surface area is 143 Å². The molecule has 0 saturated heterocycles. The molecule has 3 aromatic rings. The molecule has 2 aromatic carbocycles. The topological polar surface area (TPSA) is 60.9 Å². The van der Waals surface area contributed by atoms with Crippen molar-refractivity contribution < 1.29 is 9.18 Å². The highest BCUT2D eigenvalue weighted by Gasteiger charge is 2.13. The second kappa shape index (κ2) is 7.31. The molecule has 1 amide bonds. The van der Waals surface area contributed by atoms with Gasteiger partial charge in [0.05, 0.1) is 24.2 Å². The van der Waals surface area contributed by atoms with E-state index in [0.29, 0.717) is 11.7 Å². The van der Waals surface area contributed by atoms with E-state index in [-0.39, 0.29) is 11.6 Å². The molecule has 0 fully saturated rings. The van der Waals surface area contributed by atoms with Crippen LogP contribution in [0.25, 0.3) is 11.3 Å². The van der Waals surface area contributed by atoms with Gasteiger partial charge in [-0.05, 0) is 35.4 Å². The highest BCUT2D eigenvalue weighted by Crippen LogP contribution is 2.27. The molecule has 2 N–H and O–H groups in total. The van der Waals surface area contributed by atoms with Gasteiger partial charge in [-0.25, -0.2) is 9.37 Å². The third-order valence-electron chi connectivity index (χ3n) is 3.49. The van der Waals surface area contributed by atoms with Crippen molar-refractivity contribution in [3.63, 3.8) is 0 Å². The van der Waals surface area contributed by atoms with Crippen LogP contribution >= 0.6 is 11.8 Å². The van der Waals surface area contributed by atoms with Gasteiger partial charge < -0.3 is 10.3 Å². The molecule has 0 aliphatic heterocycles. The first-order valence-corrected chi connectivity index (χ1v) is 8.38. The summed E-state index contributed by atoms with van der Waals surface area (Å²) in [6.45, 7) is 0.606. The lowest BCUT2D eigenvalue weighted by atomic mass is 10.1. The lowest BCUT2D eigenvalue weighted by Crippen LogP contribution is -2.14. The van der Waals surface area contributed by atoms with E-state index in [1.54, 1.807) is 18.3 Å². The zero-order chi connectivity index (χ0) is 16.9. The summed E-state index contributed by atoms with van der Waals surface area (Å²) in [5.41, 5.74) is 8.08. The third kappa shape index (κ3) is 3.83.